The standard InChI is InChI=1S/C17H22BrNO3/c1-21-16-7-6-13(9-15(16)18)17(20)22-11-14-3-2-8-19(14)10-12-4-5-12/h6-7,9,12,14H,2-5,8,10-11H2,1H3. The van der Waals surface area contributed by atoms with Gasteiger partial charge in [0.1, 0.15) is 12.4 Å². The van der Waals surface area contributed by atoms with Crippen molar-refractivity contribution in [1.29, 1.82) is 0 Å². The van der Waals surface area contributed by atoms with Gasteiger partial charge < -0.3 is 9.47 Å². The van der Waals surface area contributed by atoms with Crippen LogP contribution in [-0.2, 0) is 4.74 Å². The maximum atomic E-state index is 12.2. The van der Waals surface area contributed by atoms with Gasteiger partial charge in [0, 0.05) is 12.6 Å². The van der Waals surface area contributed by atoms with Gasteiger partial charge in [0.2, 0.25) is 0 Å². The third-order valence-corrected chi connectivity index (χ3v) is 5.10. The molecule has 0 spiro atoms. The molecule has 22 heavy (non-hydrogen) atoms. The Morgan fingerprint density at radius 2 is 2.18 bits per heavy atom. The van der Waals surface area contributed by atoms with Crippen molar-refractivity contribution in [2.45, 2.75) is 31.7 Å². The van der Waals surface area contributed by atoms with Gasteiger partial charge in [0.05, 0.1) is 17.1 Å². The third kappa shape index (κ3) is 3.82. The summed E-state index contributed by atoms with van der Waals surface area (Å²) in [7, 11) is 1.60. The molecule has 5 heteroatoms. The maximum Gasteiger partial charge on any atom is 0.338 e. The predicted octanol–water partition coefficient (Wildman–Crippen LogP) is 3.49. The zero-order chi connectivity index (χ0) is 15.5. The Hall–Kier alpha value is -1.07. The highest BCUT2D eigenvalue weighted by molar-refractivity contribution is 9.10. The fourth-order valence-corrected chi connectivity index (χ4v) is 3.55. The molecule has 0 amide bonds. The molecule has 0 aromatic heterocycles. The highest BCUT2D eigenvalue weighted by atomic mass is 79.9. The number of methoxy groups -OCH3 is 1. The number of likely N-dealkylation sites (tertiary alicyclic amines) is 1. The summed E-state index contributed by atoms with van der Waals surface area (Å²) in [5.41, 5.74) is 0.555. The van der Waals surface area contributed by atoms with Crippen LogP contribution in [0.25, 0.3) is 0 Å². The van der Waals surface area contributed by atoms with Crippen molar-refractivity contribution in [3.63, 3.8) is 0 Å². The molecule has 1 aliphatic carbocycles. The first-order chi connectivity index (χ1) is 10.7. The number of ether oxygens (including phenoxy) is 2. The summed E-state index contributed by atoms with van der Waals surface area (Å²) >= 11 is 3.40. The Kier molecular flexibility index (Phi) is 5.03. The summed E-state index contributed by atoms with van der Waals surface area (Å²) in [6.07, 6.45) is 5.07. The molecule has 4 nitrogen and oxygen atoms in total. The second-order valence-corrected chi connectivity index (χ2v) is 7.04. The van der Waals surface area contributed by atoms with E-state index in [2.05, 4.69) is 20.8 Å². The van der Waals surface area contributed by atoms with E-state index in [0.29, 0.717) is 24.0 Å². The van der Waals surface area contributed by atoms with Gasteiger partial charge in [-0.05, 0) is 72.3 Å². The van der Waals surface area contributed by atoms with Crippen molar-refractivity contribution in [3.8, 4) is 5.75 Å². The number of halogens is 1. The molecule has 120 valence electrons. The monoisotopic (exact) mass is 367 g/mol. The van der Waals surface area contributed by atoms with Crippen LogP contribution in [0.15, 0.2) is 22.7 Å². The summed E-state index contributed by atoms with van der Waals surface area (Å²) < 4.78 is 11.5. The minimum atomic E-state index is -0.262. The van der Waals surface area contributed by atoms with Gasteiger partial charge in [-0.25, -0.2) is 4.79 Å². The molecule has 1 heterocycles. The summed E-state index contributed by atoms with van der Waals surface area (Å²) in [6, 6.07) is 5.65. The SMILES string of the molecule is COc1ccc(C(=O)OCC2CCCN2CC2CC2)cc1Br. The number of carbonyl (C=O) groups is 1. The molecule has 0 bridgehead atoms. The second kappa shape index (κ2) is 7.01. The van der Waals surface area contributed by atoms with Crippen LogP contribution in [-0.4, -0.2) is 43.7 Å². The number of esters is 1. The molecule has 2 fully saturated rings. The number of carbonyl (C=O) groups excluding carboxylic acids is 1. The lowest BCUT2D eigenvalue weighted by Gasteiger charge is -2.24. The first-order valence-corrected chi connectivity index (χ1v) is 8.71. The van der Waals surface area contributed by atoms with E-state index in [9.17, 15) is 4.79 Å². The number of benzene rings is 1. The van der Waals surface area contributed by atoms with E-state index < -0.39 is 0 Å². The Morgan fingerprint density at radius 1 is 1.36 bits per heavy atom. The topological polar surface area (TPSA) is 38.8 Å². The van der Waals surface area contributed by atoms with Gasteiger partial charge in [0.25, 0.3) is 0 Å². The van der Waals surface area contributed by atoms with E-state index in [1.807, 2.05) is 0 Å². The molecule has 1 atom stereocenters. The van der Waals surface area contributed by atoms with Crippen molar-refractivity contribution in [3.05, 3.63) is 28.2 Å². The van der Waals surface area contributed by atoms with E-state index in [1.165, 1.54) is 25.8 Å². The molecule has 3 rings (SSSR count). The van der Waals surface area contributed by atoms with Gasteiger partial charge in [-0.2, -0.15) is 0 Å². The van der Waals surface area contributed by atoms with E-state index in [0.717, 1.165) is 23.4 Å². The first-order valence-electron chi connectivity index (χ1n) is 7.92. The normalized spacial score (nSPS) is 21.8. The zero-order valence-electron chi connectivity index (χ0n) is 12.9. The van der Waals surface area contributed by atoms with Crippen LogP contribution in [0.3, 0.4) is 0 Å². The predicted molar refractivity (Wildman–Crippen MR) is 88.3 cm³/mol. The molecule has 2 aliphatic rings. The van der Waals surface area contributed by atoms with E-state index in [1.54, 1.807) is 25.3 Å². The van der Waals surface area contributed by atoms with Gasteiger partial charge in [0.15, 0.2) is 0 Å². The molecular formula is C17H22BrNO3. The van der Waals surface area contributed by atoms with Crippen LogP contribution >= 0.6 is 15.9 Å². The minimum absolute atomic E-state index is 0.262. The van der Waals surface area contributed by atoms with Crippen LogP contribution < -0.4 is 4.74 Å². The number of rotatable bonds is 6. The molecular weight excluding hydrogens is 346 g/mol. The summed E-state index contributed by atoms with van der Waals surface area (Å²) in [6.45, 7) is 2.82. The molecule has 0 N–H and O–H groups in total. The number of nitrogens with zero attached hydrogens (tertiary/aromatic N) is 1. The van der Waals surface area contributed by atoms with Crippen molar-refractivity contribution in [1.82, 2.24) is 4.90 Å². The number of hydrogen-bond acceptors (Lipinski definition) is 4. The Bertz CT molecular complexity index is 545. The molecule has 1 unspecified atom stereocenters. The molecule has 0 radical (unpaired) electrons. The fraction of sp³-hybridized carbons (Fsp3) is 0.588. The quantitative estimate of drug-likeness (QED) is 0.721. The van der Waals surface area contributed by atoms with Crippen LogP contribution in [0, 0.1) is 5.92 Å². The Labute approximate surface area is 139 Å². The lowest BCUT2D eigenvalue weighted by molar-refractivity contribution is 0.0393. The smallest absolute Gasteiger partial charge is 0.338 e. The van der Waals surface area contributed by atoms with Crippen LogP contribution in [0.1, 0.15) is 36.0 Å². The average Bonchev–Trinajstić information content (AvgIpc) is 3.22. The lowest BCUT2D eigenvalue weighted by atomic mass is 10.2. The van der Waals surface area contributed by atoms with Crippen LogP contribution in [0.4, 0.5) is 0 Å². The third-order valence-electron chi connectivity index (χ3n) is 4.48. The van der Waals surface area contributed by atoms with Crippen molar-refractivity contribution in [2.75, 3.05) is 26.8 Å². The van der Waals surface area contributed by atoms with Crippen LogP contribution in [0.5, 0.6) is 5.75 Å². The van der Waals surface area contributed by atoms with E-state index in [4.69, 9.17) is 9.47 Å². The van der Waals surface area contributed by atoms with Crippen molar-refractivity contribution < 1.29 is 14.3 Å². The average molecular weight is 368 g/mol. The minimum Gasteiger partial charge on any atom is -0.496 e. The van der Waals surface area contributed by atoms with Crippen molar-refractivity contribution >= 4 is 21.9 Å². The molecule has 1 aromatic carbocycles. The van der Waals surface area contributed by atoms with Gasteiger partial charge in [-0.15, -0.1) is 0 Å². The molecule has 1 saturated heterocycles. The van der Waals surface area contributed by atoms with Gasteiger partial charge >= 0.3 is 5.97 Å². The van der Waals surface area contributed by atoms with Gasteiger partial charge in [-0.3, -0.25) is 4.90 Å². The first kappa shape index (κ1) is 15.8. The highest BCUT2D eigenvalue weighted by Crippen LogP contribution is 2.32. The zero-order valence-corrected chi connectivity index (χ0v) is 14.5. The Balaban J connectivity index is 1.53. The highest BCUT2D eigenvalue weighted by Gasteiger charge is 2.31. The van der Waals surface area contributed by atoms with Gasteiger partial charge in [-0.1, -0.05) is 0 Å². The maximum absolute atomic E-state index is 12.2. The van der Waals surface area contributed by atoms with Crippen LogP contribution in [0.2, 0.25) is 0 Å². The molecule has 1 aromatic rings. The van der Waals surface area contributed by atoms with E-state index in [-0.39, 0.29) is 5.97 Å². The fourth-order valence-electron chi connectivity index (χ4n) is 3.00. The number of hydrogen-bond donors (Lipinski definition) is 0. The lowest BCUT2D eigenvalue weighted by Crippen LogP contribution is -2.35. The largest absolute Gasteiger partial charge is 0.496 e. The molecule has 1 saturated carbocycles. The van der Waals surface area contributed by atoms with Crippen molar-refractivity contribution in [2.24, 2.45) is 5.92 Å². The second-order valence-electron chi connectivity index (χ2n) is 6.18. The summed E-state index contributed by atoms with van der Waals surface area (Å²) in [5, 5.41) is 0. The Morgan fingerprint density at radius 3 is 2.86 bits per heavy atom. The van der Waals surface area contributed by atoms with E-state index >= 15 is 0 Å². The summed E-state index contributed by atoms with van der Waals surface area (Å²) in [4.78, 5) is 14.7. The summed E-state index contributed by atoms with van der Waals surface area (Å²) in [5.74, 6) is 1.33. The molecule has 1 aliphatic heterocycles.